The van der Waals surface area contributed by atoms with Gasteiger partial charge in [-0.2, -0.15) is 0 Å². The third kappa shape index (κ3) is 5.62. The van der Waals surface area contributed by atoms with E-state index in [9.17, 15) is 9.18 Å². The second kappa shape index (κ2) is 9.82. The van der Waals surface area contributed by atoms with Gasteiger partial charge in [0, 0.05) is 32.4 Å². The number of nitrogens with zero attached hydrogens (tertiary/aromatic N) is 3. The molecule has 1 unspecified atom stereocenters. The number of carboxylic acid groups (broad SMARTS) is 1. The van der Waals surface area contributed by atoms with Gasteiger partial charge in [0.2, 0.25) is 5.91 Å². The summed E-state index contributed by atoms with van der Waals surface area (Å²) in [6.07, 6.45) is 3.70. The number of carbonyl (C=O) groups excluding carboxylic acids is 1. The number of imidazole rings is 1. The van der Waals surface area contributed by atoms with Crippen LogP contribution < -0.4 is 5.32 Å². The zero-order valence-electron chi connectivity index (χ0n) is 15.5. The molecule has 27 heavy (non-hydrogen) atoms. The molecule has 1 atom stereocenters. The highest BCUT2D eigenvalue weighted by molar-refractivity contribution is 5.83. The van der Waals surface area contributed by atoms with Crippen LogP contribution in [0.15, 0.2) is 36.8 Å². The van der Waals surface area contributed by atoms with Crippen molar-refractivity contribution < 1.29 is 19.1 Å². The van der Waals surface area contributed by atoms with Crippen LogP contribution in [0.2, 0.25) is 0 Å². The molecule has 0 spiro atoms. The van der Waals surface area contributed by atoms with Crippen LogP contribution in [0, 0.1) is 11.7 Å². The Kier molecular flexibility index (Phi) is 7.48. The first kappa shape index (κ1) is 20.6. The van der Waals surface area contributed by atoms with E-state index in [1.54, 1.807) is 12.1 Å². The summed E-state index contributed by atoms with van der Waals surface area (Å²) in [5.41, 5.74) is 1.90. The van der Waals surface area contributed by atoms with Crippen molar-refractivity contribution in [2.75, 3.05) is 13.1 Å². The van der Waals surface area contributed by atoms with Crippen LogP contribution >= 0.6 is 0 Å². The number of amides is 1. The maximum absolute atomic E-state index is 13.2. The van der Waals surface area contributed by atoms with Crippen LogP contribution in [0.3, 0.4) is 0 Å². The minimum Gasteiger partial charge on any atom is -0.483 e. The van der Waals surface area contributed by atoms with Crippen molar-refractivity contribution in [3.05, 3.63) is 53.9 Å². The number of halogens is 1. The molecule has 7 nitrogen and oxygen atoms in total. The summed E-state index contributed by atoms with van der Waals surface area (Å²) < 4.78 is 15.3. The molecular formula is C19H25FN4O3. The second-order valence-electron chi connectivity index (χ2n) is 6.75. The predicted molar refractivity (Wildman–Crippen MR) is 98.3 cm³/mol. The first-order valence-electron chi connectivity index (χ1n) is 8.80. The van der Waals surface area contributed by atoms with Crippen LogP contribution in [-0.2, 0) is 22.7 Å². The molecule has 146 valence electrons. The largest absolute Gasteiger partial charge is 0.483 e. The first-order chi connectivity index (χ1) is 13.0. The van der Waals surface area contributed by atoms with Gasteiger partial charge in [0.25, 0.3) is 6.47 Å². The first-order valence-corrected chi connectivity index (χ1v) is 8.80. The lowest BCUT2D eigenvalue weighted by Crippen LogP contribution is -2.49. The Labute approximate surface area is 157 Å². The Morgan fingerprint density at radius 2 is 2.04 bits per heavy atom. The number of piperazine rings is 1. The van der Waals surface area contributed by atoms with E-state index in [0.29, 0.717) is 19.0 Å². The quantitative estimate of drug-likeness (QED) is 0.780. The minimum atomic E-state index is -0.401. The van der Waals surface area contributed by atoms with Crippen molar-refractivity contribution in [3.8, 4) is 0 Å². The smallest absolute Gasteiger partial charge is 0.290 e. The molecule has 1 fully saturated rings. The summed E-state index contributed by atoms with van der Waals surface area (Å²) >= 11 is 0. The molecule has 8 heteroatoms. The highest BCUT2D eigenvalue weighted by Gasteiger charge is 2.31. The maximum Gasteiger partial charge on any atom is 0.290 e. The molecule has 1 aromatic carbocycles. The molecule has 0 radical (unpaired) electrons. The fourth-order valence-corrected chi connectivity index (χ4v) is 3.14. The molecule has 2 N–H and O–H groups in total. The van der Waals surface area contributed by atoms with Gasteiger partial charge >= 0.3 is 0 Å². The molecule has 1 aromatic heterocycles. The zero-order valence-corrected chi connectivity index (χ0v) is 15.5. The number of aromatic nitrogens is 2. The van der Waals surface area contributed by atoms with E-state index < -0.39 is 6.04 Å². The van der Waals surface area contributed by atoms with Crippen LogP contribution in [0.25, 0.3) is 0 Å². The molecular weight excluding hydrogens is 351 g/mol. The normalized spacial score (nSPS) is 17.2. The number of benzene rings is 1. The van der Waals surface area contributed by atoms with Crippen LogP contribution in [-0.4, -0.2) is 45.0 Å². The lowest BCUT2D eigenvalue weighted by atomic mass is 10.0. The van der Waals surface area contributed by atoms with Crippen LogP contribution in [0.5, 0.6) is 0 Å². The SMILES string of the molecule is CC(C)Cn1cncc1CN1CCNC(=O)C1c1ccc(F)cc1.O=CO. The molecule has 0 aliphatic carbocycles. The van der Waals surface area contributed by atoms with Gasteiger partial charge in [0.15, 0.2) is 0 Å². The van der Waals surface area contributed by atoms with E-state index in [4.69, 9.17) is 9.90 Å². The molecule has 3 rings (SSSR count). The average Bonchev–Trinajstić information content (AvgIpc) is 3.03. The molecule has 1 saturated heterocycles. The second-order valence-corrected chi connectivity index (χ2v) is 6.75. The highest BCUT2D eigenvalue weighted by Crippen LogP contribution is 2.25. The summed E-state index contributed by atoms with van der Waals surface area (Å²) in [7, 11) is 0. The van der Waals surface area contributed by atoms with Crippen LogP contribution in [0.4, 0.5) is 4.39 Å². The molecule has 1 amide bonds. The Morgan fingerprint density at radius 1 is 1.37 bits per heavy atom. The van der Waals surface area contributed by atoms with Gasteiger partial charge in [-0.25, -0.2) is 9.37 Å². The van der Waals surface area contributed by atoms with Gasteiger partial charge in [-0.05, 0) is 23.6 Å². The van der Waals surface area contributed by atoms with E-state index >= 15 is 0 Å². The Hall–Kier alpha value is -2.74. The summed E-state index contributed by atoms with van der Waals surface area (Å²) in [5, 5.41) is 9.79. The van der Waals surface area contributed by atoms with E-state index in [1.165, 1.54) is 12.1 Å². The number of hydrogen-bond donors (Lipinski definition) is 2. The Balaban J connectivity index is 0.000000817. The third-order valence-electron chi connectivity index (χ3n) is 4.22. The Bertz CT molecular complexity index is 746. The standard InChI is InChI=1S/C18H23FN4O.CH2O2/c1-13(2)10-23-12-20-9-16(23)11-22-8-7-21-18(24)17(22)14-3-5-15(19)6-4-14;2-1-3/h3-6,9,12-13,17H,7-8,10-11H2,1-2H3,(H,21,24);1H,(H,2,3). The molecule has 0 saturated carbocycles. The van der Waals surface area contributed by atoms with Gasteiger partial charge in [-0.3, -0.25) is 14.5 Å². The van der Waals surface area contributed by atoms with Crippen molar-refractivity contribution in [1.82, 2.24) is 19.8 Å². The topological polar surface area (TPSA) is 87.5 Å². The molecule has 2 aromatic rings. The van der Waals surface area contributed by atoms with Gasteiger partial charge in [0.05, 0.1) is 12.0 Å². The van der Waals surface area contributed by atoms with Gasteiger partial charge in [-0.1, -0.05) is 26.0 Å². The summed E-state index contributed by atoms with van der Waals surface area (Å²) in [5.74, 6) is 0.190. The highest BCUT2D eigenvalue weighted by atomic mass is 19.1. The molecule has 2 heterocycles. The van der Waals surface area contributed by atoms with Crippen molar-refractivity contribution >= 4 is 12.4 Å². The van der Waals surface area contributed by atoms with Gasteiger partial charge < -0.3 is 15.0 Å². The number of nitrogens with one attached hydrogen (secondary N) is 1. The van der Waals surface area contributed by atoms with E-state index in [-0.39, 0.29) is 18.2 Å². The fraction of sp³-hybridized carbons (Fsp3) is 0.421. The average molecular weight is 376 g/mol. The lowest BCUT2D eigenvalue weighted by Gasteiger charge is -2.35. The third-order valence-corrected chi connectivity index (χ3v) is 4.22. The van der Waals surface area contributed by atoms with E-state index in [0.717, 1.165) is 24.3 Å². The zero-order chi connectivity index (χ0) is 19.8. The number of hydrogen-bond acceptors (Lipinski definition) is 4. The molecule has 0 bridgehead atoms. The predicted octanol–water partition coefficient (Wildman–Crippen LogP) is 2.05. The molecule has 1 aliphatic heterocycles. The fourth-order valence-electron chi connectivity index (χ4n) is 3.14. The van der Waals surface area contributed by atoms with Crippen molar-refractivity contribution in [3.63, 3.8) is 0 Å². The Morgan fingerprint density at radius 3 is 2.67 bits per heavy atom. The van der Waals surface area contributed by atoms with E-state index in [2.05, 4.69) is 33.6 Å². The van der Waals surface area contributed by atoms with E-state index in [1.807, 2.05) is 12.5 Å². The lowest BCUT2D eigenvalue weighted by molar-refractivity contribution is -0.129. The van der Waals surface area contributed by atoms with Crippen molar-refractivity contribution in [1.29, 1.82) is 0 Å². The maximum atomic E-state index is 13.2. The van der Waals surface area contributed by atoms with Crippen molar-refractivity contribution in [2.24, 2.45) is 5.92 Å². The summed E-state index contributed by atoms with van der Waals surface area (Å²) in [4.78, 5) is 27.2. The number of carbonyl (C=O) groups is 2. The van der Waals surface area contributed by atoms with Gasteiger partial charge in [0.1, 0.15) is 11.9 Å². The summed E-state index contributed by atoms with van der Waals surface area (Å²) in [6.45, 7) is 6.99. The molecule has 1 aliphatic rings. The monoisotopic (exact) mass is 376 g/mol. The number of rotatable bonds is 5. The minimum absolute atomic E-state index is 0.0391. The summed E-state index contributed by atoms with van der Waals surface area (Å²) in [6, 6.07) is 5.77. The van der Waals surface area contributed by atoms with Gasteiger partial charge in [-0.15, -0.1) is 0 Å². The van der Waals surface area contributed by atoms with Crippen LogP contribution in [0.1, 0.15) is 31.1 Å². The van der Waals surface area contributed by atoms with Crippen molar-refractivity contribution in [2.45, 2.75) is 33.0 Å².